The van der Waals surface area contributed by atoms with Gasteiger partial charge in [0.05, 0.1) is 7.11 Å². The minimum Gasteiger partial charge on any atom is -0.493 e. The second-order valence-corrected chi connectivity index (χ2v) is 3.93. The summed E-state index contributed by atoms with van der Waals surface area (Å²) in [4.78, 5) is 10.9. The third kappa shape index (κ3) is 2.88. The molecule has 5 nitrogen and oxygen atoms in total. The van der Waals surface area contributed by atoms with Gasteiger partial charge in [-0.15, -0.1) is 0 Å². The van der Waals surface area contributed by atoms with Crippen LogP contribution < -0.4 is 9.47 Å². The van der Waals surface area contributed by atoms with Gasteiger partial charge in [0.15, 0.2) is 11.5 Å². The fraction of sp³-hybridized carbons (Fsp3) is 0.214. The molecule has 2 aromatic rings. The van der Waals surface area contributed by atoms with Gasteiger partial charge in [-0.1, -0.05) is 12.1 Å². The molecule has 0 atom stereocenters. The smallest absolute Gasteiger partial charge is 0.339 e. The molecule has 0 bridgehead atoms. The zero-order chi connectivity index (χ0) is 13.8. The van der Waals surface area contributed by atoms with Crippen molar-refractivity contribution in [3.63, 3.8) is 0 Å². The minimum absolute atomic E-state index is 0.147. The van der Waals surface area contributed by atoms with Gasteiger partial charge in [-0.2, -0.15) is 0 Å². The van der Waals surface area contributed by atoms with Crippen molar-refractivity contribution in [2.24, 2.45) is 0 Å². The van der Waals surface area contributed by atoms with Crippen LogP contribution in [0.4, 0.5) is 0 Å². The number of aromatic carboxylic acids is 1. The highest BCUT2D eigenvalue weighted by Crippen LogP contribution is 2.27. The standard InChI is InChI=1S/C14H14O5/c1-9-11(14(15)16)7-10(19-9)8-18-13-6-4-3-5-12(13)17-2/h3-7H,8H2,1-2H3,(H,15,16). The van der Waals surface area contributed by atoms with E-state index >= 15 is 0 Å². The molecule has 100 valence electrons. The molecule has 1 N–H and O–H groups in total. The number of ether oxygens (including phenoxy) is 2. The largest absolute Gasteiger partial charge is 0.493 e. The molecule has 0 aliphatic carbocycles. The fourth-order valence-corrected chi connectivity index (χ4v) is 1.71. The number of hydrogen-bond acceptors (Lipinski definition) is 4. The number of furan rings is 1. The maximum absolute atomic E-state index is 10.9. The number of benzene rings is 1. The molecule has 1 aromatic heterocycles. The van der Waals surface area contributed by atoms with E-state index in [4.69, 9.17) is 19.0 Å². The van der Waals surface area contributed by atoms with Crippen LogP contribution in [-0.2, 0) is 6.61 Å². The van der Waals surface area contributed by atoms with Crippen molar-refractivity contribution >= 4 is 5.97 Å². The Kier molecular flexibility index (Phi) is 3.75. The molecule has 0 amide bonds. The van der Waals surface area contributed by atoms with Crippen LogP contribution >= 0.6 is 0 Å². The summed E-state index contributed by atoms with van der Waals surface area (Å²) in [6.45, 7) is 1.75. The van der Waals surface area contributed by atoms with Crippen LogP contribution in [0.5, 0.6) is 11.5 Å². The third-order valence-electron chi connectivity index (χ3n) is 2.64. The van der Waals surface area contributed by atoms with Crippen molar-refractivity contribution in [2.75, 3.05) is 7.11 Å². The van der Waals surface area contributed by atoms with Crippen molar-refractivity contribution in [3.05, 3.63) is 47.4 Å². The molecule has 2 rings (SSSR count). The highest BCUT2D eigenvalue weighted by atomic mass is 16.5. The highest BCUT2D eigenvalue weighted by Gasteiger charge is 2.14. The molecule has 0 unspecified atom stereocenters. The van der Waals surface area contributed by atoms with E-state index in [1.165, 1.54) is 6.07 Å². The second-order valence-electron chi connectivity index (χ2n) is 3.93. The van der Waals surface area contributed by atoms with Gasteiger partial charge < -0.3 is 19.0 Å². The van der Waals surface area contributed by atoms with Crippen LogP contribution in [0.2, 0.25) is 0 Å². The van der Waals surface area contributed by atoms with Crippen LogP contribution in [0.25, 0.3) is 0 Å². The Morgan fingerprint density at radius 2 is 2.00 bits per heavy atom. The molecule has 0 aliphatic rings. The summed E-state index contributed by atoms with van der Waals surface area (Å²) in [5, 5.41) is 8.93. The van der Waals surface area contributed by atoms with Crippen molar-refractivity contribution < 1.29 is 23.8 Å². The molecule has 0 spiro atoms. The third-order valence-corrected chi connectivity index (χ3v) is 2.64. The Hall–Kier alpha value is -2.43. The lowest BCUT2D eigenvalue weighted by molar-refractivity contribution is 0.0695. The quantitative estimate of drug-likeness (QED) is 0.897. The van der Waals surface area contributed by atoms with Crippen molar-refractivity contribution in [1.82, 2.24) is 0 Å². The van der Waals surface area contributed by atoms with Gasteiger partial charge in [0.25, 0.3) is 0 Å². The molecule has 0 aliphatic heterocycles. The molecule has 1 aromatic carbocycles. The first kappa shape index (κ1) is 13.0. The van der Waals surface area contributed by atoms with E-state index in [0.29, 0.717) is 23.0 Å². The number of rotatable bonds is 5. The summed E-state index contributed by atoms with van der Waals surface area (Å²) < 4.78 is 16.0. The van der Waals surface area contributed by atoms with Gasteiger partial charge in [-0.25, -0.2) is 4.79 Å². The van der Waals surface area contributed by atoms with Crippen LogP contribution in [0.3, 0.4) is 0 Å². The Bertz CT molecular complexity index is 585. The monoisotopic (exact) mass is 262 g/mol. The molecule has 19 heavy (non-hydrogen) atoms. The fourth-order valence-electron chi connectivity index (χ4n) is 1.71. The Balaban J connectivity index is 2.10. The number of carboxylic acid groups (broad SMARTS) is 1. The summed E-state index contributed by atoms with van der Waals surface area (Å²) in [6, 6.07) is 8.68. The van der Waals surface area contributed by atoms with Gasteiger partial charge >= 0.3 is 5.97 Å². The van der Waals surface area contributed by atoms with E-state index in [-0.39, 0.29) is 12.2 Å². The molecule has 1 heterocycles. The molecule has 0 saturated heterocycles. The first-order chi connectivity index (χ1) is 9.11. The van der Waals surface area contributed by atoms with Gasteiger partial charge in [0.2, 0.25) is 0 Å². The van der Waals surface area contributed by atoms with E-state index in [9.17, 15) is 4.79 Å². The average Bonchev–Trinajstić information content (AvgIpc) is 2.78. The van der Waals surface area contributed by atoms with E-state index in [1.54, 1.807) is 26.2 Å². The van der Waals surface area contributed by atoms with Crippen molar-refractivity contribution in [3.8, 4) is 11.5 Å². The molecular formula is C14H14O5. The van der Waals surface area contributed by atoms with E-state index in [1.807, 2.05) is 12.1 Å². The van der Waals surface area contributed by atoms with Crippen LogP contribution in [0.1, 0.15) is 21.9 Å². The summed E-state index contributed by atoms with van der Waals surface area (Å²) >= 11 is 0. The topological polar surface area (TPSA) is 68.9 Å². The average molecular weight is 262 g/mol. The predicted molar refractivity (Wildman–Crippen MR) is 67.7 cm³/mol. The number of aryl methyl sites for hydroxylation is 1. The van der Waals surface area contributed by atoms with Crippen molar-refractivity contribution in [2.45, 2.75) is 13.5 Å². The molecule has 0 radical (unpaired) electrons. The van der Waals surface area contributed by atoms with Gasteiger partial charge in [0, 0.05) is 0 Å². The Morgan fingerprint density at radius 3 is 2.58 bits per heavy atom. The minimum atomic E-state index is -1.01. The maximum Gasteiger partial charge on any atom is 0.339 e. The lowest BCUT2D eigenvalue weighted by Crippen LogP contribution is -1.97. The number of carboxylic acids is 1. The normalized spacial score (nSPS) is 10.2. The highest BCUT2D eigenvalue weighted by molar-refractivity contribution is 5.88. The summed E-state index contributed by atoms with van der Waals surface area (Å²) in [5.74, 6) is 1.01. The lowest BCUT2D eigenvalue weighted by atomic mass is 10.2. The lowest BCUT2D eigenvalue weighted by Gasteiger charge is -2.08. The Morgan fingerprint density at radius 1 is 1.32 bits per heavy atom. The maximum atomic E-state index is 10.9. The van der Waals surface area contributed by atoms with Crippen molar-refractivity contribution in [1.29, 1.82) is 0 Å². The molecular weight excluding hydrogens is 248 g/mol. The molecule has 5 heteroatoms. The predicted octanol–water partition coefficient (Wildman–Crippen LogP) is 2.87. The summed E-state index contributed by atoms with van der Waals surface area (Å²) in [5.41, 5.74) is 0.152. The second kappa shape index (κ2) is 5.48. The van der Waals surface area contributed by atoms with E-state index in [2.05, 4.69) is 0 Å². The molecule has 0 saturated carbocycles. The van der Waals surface area contributed by atoms with Crippen LogP contribution in [-0.4, -0.2) is 18.2 Å². The van der Waals surface area contributed by atoms with Crippen LogP contribution in [0, 0.1) is 6.92 Å². The SMILES string of the molecule is COc1ccccc1OCc1cc(C(=O)O)c(C)o1. The number of para-hydroxylation sites is 2. The van der Waals surface area contributed by atoms with E-state index in [0.717, 1.165) is 0 Å². The number of methoxy groups -OCH3 is 1. The van der Waals surface area contributed by atoms with Gasteiger partial charge in [-0.3, -0.25) is 0 Å². The van der Waals surface area contributed by atoms with E-state index < -0.39 is 5.97 Å². The first-order valence-electron chi connectivity index (χ1n) is 5.70. The zero-order valence-electron chi connectivity index (χ0n) is 10.7. The number of carbonyl (C=O) groups is 1. The van der Waals surface area contributed by atoms with Gasteiger partial charge in [0.1, 0.15) is 23.7 Å². The zero-order valence-corrected chi connectivity index (χ0v) is 10.7. The molecule has 0 fully saturated rings. The number of hydrogen-bond donors (Lipinski definition) is 1. The van der Waals surface area contributed by atoms with Gasteiger partial charge in [-0.05, 0) is 25.1 Å². The Labute approximate surface area is 110 Å². The first-order valence-corrected chi connectivity index (χ1v) is 5.70. The summed E-state index contributed by atoms with van der Waals surface area (Å²) in [7, 11) is 1.56. The summed E-state index contributed by atoms with van der Waals surface area (Å²) in [6.07, 6.45) is 0. The van der Waals surface area contributed by atoms with Crippen LogP contribution in [0.15, 0.2) is 34.7 Å².